The molecule has 0 atom stereocenters. The van der Waals surface area contributed by atoms with Crippen molar-refractivity contribution in [1.82, 2.24) is 0 Å². The van der Waals surface area contributed by atoms with Crippen LogP contribution in [0.5, 0.6) is 0 Å². The van der Waals surface area contributed by atoms with Crippen molar-refractivity contribution in [2.24, 2.45) is 0 Å². The minimum atomic E-state index is -2.39. The first-order chi connectivity index (χ1) is 10.6. The van der Waals surface area contributed by atoms with E-state index in [4.69, 9.17) is 38.0 Å². The predicted molar refractivity (Wildman–Crippen MR) is 108 cm³/mol. The van der Waals surface area contributed by atoms with Crippen LogP contribution in [0.25, 0.3) is 0 Å². The third-order valence-electron chi connectivity index (χ3n) is 3.57. The van der Waals surface area contributed by atoms with Crippen LogP contribution in [-0.2, 0) is 9.53 Å². The van der Waals surface area contributed by atoms with Gasteiger partial charge in [-0.25, -0.2) is 0 Å². The SMILES string of the molecule is CC(C)(Br)C(=O)OCCCCCCCCCCCC[Si](Cl)(Cl)Cl. The monoisotopic (exact) mass is 466 g/mol. The molecule has 0 aromatic rings. The standard InChI is InChI=1S/C16H30BrCl3O2Si/c1-16(2,17)15(21)22-13-11-9-7-5-3-4-6-8-10-12-14-23(18,19)20/h3-14H2,1-2H3. The molecule has 0 aliphatic rings. The Bertz CT molecular complexity index is 317. The summed E-state index contributed by atoms with van der Waals surface area (Å²) in [5.41, 5.74) is 0. The number of rotatable bonds is 14. The second-order valence-electron chi connectivity index (χ2n) is 6.51. The molecule has 0 bridgehead atoms. The van der Waals surface area contributed by atoms with Gasteiger partial charge in [0.1, 0.15) is 4.32 Å². The van der Waals surface area contributed by atoms with Crippen molar-refractivity contribution in [3.05, 3.63) is 0 Å². The first-order valence-corrected chi connectivity index (χ1v) is 14.6. The second kappa shape index (κ2) is 13.3. The highest BCUT2D eigenvalue weighted by atomic mass is 79.9. The fourth-order valence-electron chi connectivity index (χ4n) is 2.18. The van der Waals surface area contributed by atoms with Crippen molar-refractivity contribution in [3.63, 3.8) is 0 Å². The molecule has 0 aromatic carbocycles. The molecule has 0 aliphatic carbocycles. The summed E-state index contributed by atoms with van der Waals surface area (Å²) in [5.74, 6) is -0.185. The van der Waals surface area contributed by atoms with Crippen molar-refractivity contribution in [2.75, 3.05) is 6.61 Å². The normalized spacial score (nSPS) is 12.4. The van der Waals surface area contributed by atoms with Crippen LogP contribution >= 0.6 is 49.2 Å². The summed E-state index contributed by atoms with van der Waals surface area (Å²) >= 11 is 20.8. The van der Waals surface area contributed by atoms with Crippen molar-refractivity contribution >= 4 is 61.1 Å². The van der Waals surface area contributed by atoms with E-state index >= 15 is 0 Å². The van der Waals surface area contributed by atoms with Crippen molar-refractivity contribution in [2.45, 2.75) is 88.4 Å². The van der Waals surface area contributed by atoms with E-state index < -0.39 is 10.3 Å². The van der Waals surface area contributed by atoms with Gasteiger partial charge in [-0.3, -0.25) is 4.79 Å². The van der Waals surface area contributed by atoms with E-state index in [2.05, 4.69) is 15.9 Å². The number of hydrogen-bond acceptors (Lipinski definition) is 2. The first kappa shape index (κ1) is 24.0. The Balaban J connectivity index is 3.21. The molecule has 0 fully saturated rings. The molecule has 0 saturated carbocycles. The molecule has 0 saturated heterocycles. The lowest BCUT2D eigenvalue weighted by Gasteiger charge is -2.14. The molecule has 0 unspecified atom stereocenters. The Labute approximate surface area is 165 Å². The molecule has 0 aromatic heterocycles. The molecular weight excluding hydrogens is 439 g/mol. The highest BCUT2D eigenvalue weighted by molar-refractivity contribution is 9.10. The summed E-state index contributed by atoms with van der Waals surface area (Å²) in [6, 6.07) is -1.60. The smallest absolute Gasteiger partial charge is 0.341 e. The van der Waals surface area contributed by atoms with Gasteiger partial charge in [0, 0.05) is 0 Å². The van der Waals surface area contributed by atoms with E-state index in [1.807, 2.05) is 0 Å². The third kappa shape index (κ3) is 17.6. The van der Waals surface area contributed by atoms with Gasteiger partial charge in [0.2, 0.25) is 0 Å². The van der Waals surface area contributed by atoms with Crippen LogP contribution in [-0.4, -0.2) is 22.9 Å². The van der Waals surface area contributed by atoms with Crippen LogP contribution in [0.4, 0.5) is 0 Å². The van der Waals surface area contributed by atoms with Crippen LogP contribution in [0.2, 0.25) is 6.04 Å². The lowest BCUT2D eigenvalue weighted by atomic mass is 10.1. The fraction of sp³-hybridized carbons (Fsp3) is 0.938. The molecule has 23 heavy (non-hydrogen) atoms. The number of alkyl halides is 1. The van der Waals surface area contributed by atoms with Gasteiger partial charge in [0.15, 0.2) is 0 Å². The van der Waals surface area contributed by atoms with Gasteiger partial charge in [-0.05, 0) is 26.3 Å². The van der Waals surface area contributed by atoms with Gasteiger partial charge in [-0.1, -0.05) is 73.7 Å². The molecule has 0 aliphatic heterocycles. The molecule has 0 spiro atoms. The van der Waals surface area contributed by atoms with Gasteiger partial charge >= 0.3 is 12.0 Å². The van der Waals surface area contributed by atoms with E-state index in [1.165, 1.54) is 44.9 Å². The van der Waals surface area contributed by atoms with Gasteiger partial charge in [0.05, 0.1) is 6.61 Å². The quantitative estimate of drug-likeness (QED) is 0.0881. The summed E-state index contributed by atoms with van der Waals surface area (Å²) in [6.07, 6.45) is 11.9. The zero-order valence-electron chi connectivity index (χ0n) is 14.3. The minimum absolute atomic E-state index is 0.185. The van der Waals surface area contributed by atoms with Crippen LogP contribution in [0.1, 0.15) is 78.1 Å². The fourth-order valence-corrected chi connectivity index (χ4v) is 4.15. The summed E-state index contributed by atoms with van der Waals surface area (Å²) in [4.78, 5) is 11.5. The molecule has 0 heterocycles. The number of carbonyl (C=O) groups excluding carboxylic acids is 1. The van der Waals surface area contributed by atoms with E-state index in [0.717, 1.165) is 25.3 Å². The van der Waals surface area contributed by atoms with E-state index in [9.17, 15) is 4.79 Å². The average molecular weight is 469 g/mol. The molecule has 0 radical (unpaired) electrons. The number of hydrogen-bond donors (Lipinski definition) is 0. The van der Waals surface area contributed by atoms with Crippen LogP contribution in [0, 0.1) is 0 Å². The lowest BCUT2D eigenvalue weighted by molar-refractivity contribution is -0.145. The second-order valence-corrected chi connectivity index (χ2v) is 17.8. The molecular formula is C16H30BrCl3O2Si. The minimum Gasteiger partial charge on any atom is -0.465 e. The maximum absolute atomic E-state index is 11.5. The first-order valence-electron chi connectivity index (χ1n) is 8.56. The largest absolute Gasteiger partial charge is 0.465 e. The van der Waals surface area contributed by atoms with Crippen LogP contribution in [0.3, 0.4) is 0 Å². The third-order valence-corrected chi connectivity index (χ3v) is 6.52. The number of esters is 1. The summed E-state index contributed by atoms with van der Waals surface area (Å²) in [5, 5.41) is 0. The summed E-state index contributed by atoms with van der Waals surface area (Å²) in [6.45, 7) is 4.13. The number of ether oxygens (including phenoxy) is 1. The molecule has 2 nitrogen and oxygen atoms in total. The maximum atomic E-state index is 11.5. The van der Waals surface area contributed by atoms with Crippen molar-refractivity contribution < 1.29 is 9.53 Å². The zero-order valence-corrected chi connectivity index (χ0v) is 19.2. The van der Waals surface area contributed by atoms with E-state index in [1.54, 1.807) is 13.8 Å². The highest BCUT2D eigenvalue weighted by Crippen LogP contribution is 2.27. The van der Waals surface area contributed by atoms with E-state index in [0.29, 0.717) is 6.61 Å². The zero-order chi connectivity index (χ0) is 17.8. The van der Waals surface area contributed by atoms with Crippen molar-refractivity contribution in [1.29, 1.82) is 0 Å². The van der Waals surface area contributed by atoms with Gasteiger partial charge in [-0.15, -0.1) is 33.2 Å². The molecule has 0 rings (SSSR count). The summed E-state index contributed by atoms with van der Waals surface area (Å²) < 4.78 is 4.63. The van der Waals surface area contributed by atoms with Gasteiger partial charge in [-0.2, -0.15) is 0 Å². The lowest BCUT2D eigenvalue weighted by Crippen LogP contribution is -2.26. The average Bonchev–Trinajstić information content (AvgIpc) is 2.41. The Morgan fingerprint density at radius 3 is 1.65 bits per heavy atom. The highest BCUT2D eigenvalue weighted by Gasteiger charge is 2.25. The van der Waals surface area contributed by atoms with Gasteiger partial charge in [0.25, 0.3) is 0 Å². The molecule has 0 amide bonds. The maximum Gasteiger partial charge on any atom is 0.341 e. The molecule has 138 valence electrons. The Morgan fingerprint density at radius 1 is 0.870 bits per heavy atom. The topological polar surface area (TPSA) is 26.3 Å². The Hall–Kier alpha value is 1.04. The molecule has 0 N–H and O–H groups in total. The van der Waals surface area contributed by atoms with Gasteiger partial charge < -0.3 is 4.74 Å². The van der Waals surface area contributed by atoms with E-state index in [-0.39, 0.29) is 5.97 Å². The van der Waals surface area contributed by atoms with Crippen LogP contribution in [0.15, 0.2) is 0 Å². The summed E-state index contributed by atoms with van der Waals surface area (Å²) in [7, 11) is 0. The molecule has 7 heteroatoms. The predicted octanol–water partition coefficient (Wildman–Crippen LogP) is 7.26. The number of carbonyl (C=O) groups is 1. The number of unbranched alkanes of at least 4 members (excludes halogenated alkanes) is 9. The van der Waals surface area contributed by atoms with Crippen molar-refractivity contribution in [3.8, 4) is 0 Å². The Morgan fingerprint density at radius 2 is 1.26 bits per heavy atom. The Kier molecular flexibility index (Phi) is 13.9. The number of halogens is 4. The van der Waals surface area contributed by atoms with Crippen LogP contribution < -0.4 is 0 Å².